The lowest BCUT2D eigenvalue weighted by Crippen LogP contribution is -2.32. The molecule has 0 radical (unpaired) electrons. The topological polar surface area (TPSA) is 66.8 Å². The number of rotatable bonds is 11. The number of hydrogen-bond donors (Lipinski definition) is 2. The molecular formula is C25H36O4S. The summed E-state index contributed by atoms with van der Waals surface area (Å²) in [6, 6.07) is 10.0. The number of benzene rings is 1. The Bertz CT molecular complexity index is 819. The highest BCUT2D eigenvalue weighted by atomic mass is 32.1. The number of hydrogen-bond acceptors (Lipinski definition) is 4. The highest BCUT2D eigenvalue weighted by Gasteiger charge is 2.23. The van der Waals surface area contributed by atoms with Crippen LogP contribution in [0.4, 0.5) is 0 Å². The van der Waals surface area contributed by atoms with Gasteiger partial charge in [-0.05, 0) is 66.3 Å². The Balaban J connectivity index is 2.06. The molecule has 0 spiro atoms. The monoisotopic (exact) mass is 432 g/mol. The van der Waals surface area contributed by atoms with Gasteiger partial charge in [0.1, 0.15) is 17.2 Å². The summed E-state index contributed by atoms with van der Waals surface area (Å²) in [4.78, 5) is 12.7. The zero-order valence-corrected chi connectivity index (χ0v) is 19.7. The number of aliphatic hydroxyl groups excluding tert-OH is 1. The Kier molecular flexibility index (Phi) is 8.92. The van der Waals surface area contributed by atoms with Crippen molar-refractivity contribution in [1.29, 1.82) is 0 Å². The predicted octanol–water partition coefficient (Wildman–Crippen LogP) is 6.31. The Labute approximate surface area is 184 Å². The van der Waals surface area contributed by atoms with Gasteiger partial charge in [-0.25, -0.2) is 4.79 Å². The van der Waals surface area contributed by atoms with Crippen LogP contribution in [0.2, 0.25) is 0 Å². The molecule has 2 aromatic rings. The van der Waals surface area contributed by atoms with E-state index in [9.17, 15) is 15.0 Å². The minimum absolute atomic E-state index is 0.206. The standard InChI is InChI=1S/C25H36O4S/c1-6-8-19-15-17(10-12-20(19)29-16-23(26)25(3,4)5)9-11-18(7-2)21-13-14-22(30-21)24(27)28/h10,12-15,18,23,26H,6-9,11,16H2,1-5H3,(H,27,28). The zero-order chi connectivity index (χ0) is 22.3. The number of ether oxygens (including phenoxy) is 1. The van der Waals surface area contributed by atoms with Crippen molar-refractivity contribution in [2.75, 3.05) is 6.61 Å². The molecule has 4 nitrogen and oxygen atoms in total. The Hall–Kier alpha value is -1.85. The molecule has 2 atom stereocenters. The van der Waals surface area contributed by atoms with Crippen molar-refractivity contribution in [1.82, 2.24) is 0 Å². The van der Waals surface area contributed by atoms with Crippen LogP contribution >= 0.6 is 11.3 Å². The smallest absolute Gasteiger partial charge is 0.345 e. The molecule has 2 N–H and O–H groups in total. The fourth-order valence-electron chi connectivity index (χ4n) is 3.39. The van der Waals surface area contributed by atoms with Gasteiger partial charge >= 0.3 is 5.97 Å². The summed E-state index contributed by atoms with van der Waals surface area (Å²) in [6.45, 7) is 10.6. The van der Waals surface area contributed by atoms with E-state index in [1.165, 1.54) is 22.5 Å². The quantitative estimate of drug-likeness (QED) is 0.436. The summed E-state index contributed by atoms with van der Waals surface area (Å²) >= 11 is 1.39. The second kappa shape index (κ2) is 11.0. The fraction of sp³-hybridized carbons (Fsp3) is 0.560. The lowest BCUT2D eigenvalue weighted by atomic mass is 9.90. The van der Waals surface area contributed by atoms with E-state index < -0.39 is 12.1 Å². The first-order valence-corrected chi connectivity index (χ1v) is 11.7. The van der Waals surface area contributed by atoms with Gasteiger partial charge in [0.15, 0.2) is 0 Å². The highest BCUT2D eigenvalue weighted by Crippen LogP contribution is 2.32. The van der Waals surface area contributed by atoms with Crippen molar-refractivity contribution in [2.24, 2.45) is 5.41 Å². The summed E-state index contributed by atoms with van der Waals surface area (Å²) in [5.41, 5.74) is 2.26. The third kappa shape index (κ3) is 6.85. The number of carbonyl (C=O) groups is 1. The predicted molar refractivity (Wildman–Crippen MR) is 124 cm³/mol. The Morgan fingerprint density at radius 1 is 1.13 bits per heavy atom. The van der Waals surface area contributed by atoms with Gasteiger partial charge in [-0.1, -0.05) is 53.2 Å². The molecule has 30 heavy (non-hydrogen) atoms. The van der Waals surface area contributed by atoms with Crippen LogP contribution in [-0.2, 0) is 12.8 Å². The number of thiophene rings is 1. The van der Waals surface area contributed by atoms with Crippen LogP contribution in [-0.4, -0.2) is 28.9 Å². The van der Waals surface area contributed by atoms with E-state index in [1.807, 2.05) is 32.9 Å². The van der Waals surface area contributed by atoms with E-state index in [0.29, 0.717) is 17.4 Å². The third-order valence-electron chi connectivity index (χ3n) is 5.55. The van der Waals surface area contributed by atoms with Gasteiger partial charge in [0.05, 0.1) is 6.10 Å². The van der Waals surface area contributed by atoms with E-state index in [1.54, 1.807) is 6.07 Å². The molecule has 166 valence electrons. The number of aromatic carboxylic acids is 1. The molecule has 5 heteroatoms. The maximum atomic E-state index is 11.2. The van der Waals surface area contributed by atoms with Gasteiger partial charge in [0.25, 0.3) is 0 Å². The van der Waals surface area contributed by atoms with Gasteiger partial charge in [-0.15, -0.1) is 11.3 Å². The minimum atomic E-state index is -0.850. The molecule has 1 heterocycles. The van der Waals surface area contributed by atoms with Crippen molar-refractivity contribution in [2.45, 2.75) is 78.7 Å². The first-order valence-electron chi connectivity index (χ1n) is 10.9. The van der Waals surface area contributed by atoms with E-state index in [4.69, 9.17) is 4.74 Å². The van der Waals surface area contributed by atoms with Crippen LogP contribution in [0.5, 0.6) is 5.75 Å². The summed E-state index contributed by atoms with van der Waals surface area (Å²) in [5.74, 6) is 0.383. The highest BCUT2D eigenvalue weighted by molar-refractivity contribution is 7.14. The Morgan fingerprint density at radius 3 is 2.43 bits per heavy atom. The van der Waals surface area contributed by atoms with E-state index in [-0.39, 0.29) is 5.41 Å². The molecule has 0 aliphatic rings. The molecule has 0 aliphatic heterocycles. The maximum absolute atomic E-state index is 11.2. The molecule has 0 bridgehead atoms. The third-order valence-corrected chi connectivity index (χ3v) is 6.79. The van der Waals surface area contributed by atoms with E-state index in [0.717, 1.165) is 42.7 Å². The van der Waals surface area contributed by atoms with E-state index >= 15 is 0 Å². The van der Waals surface area contributed by atoms with Crippen LogP contribution in [0.3, 0.4) is 0 Å². The normalized spacial score (nSPS) is 13.8. The van der Waals surface area contributed by atoms with Crippen LogP contribution in [0.15, 0.2) is 30.3 Å². The van der Waals surface area contributed by atoms with Crippen molar-refractivity contribution < 1.29 is 19.7 Å². The molecule has 0 aliphatic carbocycles. The molecule has 0 fully saturated rings. The molecular weight excluding hydrogens is 396 g/mol. The SMILES string of the molecule is CCCc1cc(CCC(CC)c2ccc(C(=O)O)s2)ccc1OCC(O)C(C)(C)C. The fourth-order valence-corrected chi connectivity index (χ4v) is 4.45. The van der Waals surface area contributed by atoms with E-state index in [2.05, 4.69) is 26.0 Å². The summed E-state index contributed by atoms with van der Waals surface area (Å²) in [6.07, 6.45) is 4.39. The number of aliphatic hydroxyl groups is 1. The molecule has 1 aromatic carbocycles. The molecule has 2 rings (SSSR count). The van der Waals surface area contributed by atoms with Crippen molar-refractivity contribution in [3.05, 3.63) is 51.2 Å². The first kappa shape index (κ1) is 24.4. The largest absolute Gasteiger partial charge is 0.491 e. The molecule has 0 saturated carbocycles. The first-order chi connectivity index (χ1) is 14.2. The minimum Gasteiger partial charge on any atom is -0.491 e. The average Bonchev–Trinajstić information content (AvgIpc) is 3.17. The van der Waals surface area contributed by atoms with Crippen molar-refractivity contribution >= 4 is 17.3 Å². The van der Waals surface area contributed by atoms with Crippen molar-refractivity contribution in [3.8, 4) is 5.75 Å². The number of carboxylic acid groups (broad SMARTS) is 1. The second-order valence-corrected chi connectivity index (χ2v) is 10.2. The summed E-state index contributed by atoms with van der Waals surface area (Å²) in [5, 5.41) is 19.5. The number of carboxylic acids is 1. The molecule has 0 saturated heterocycles. The lowest BCUT2D eigenvalue weighted by Gasteiger charge is -2.26. The second-order valence-electron chi connectivity index (χ2n) is 9.04. The van der Waals surface area contributed by atoms with Gasteiger partial charge in [-0.3, -0.25) is 0 Å². The van der Waals surface area contributed by atoms with Gasteiger partial charge in [-0.2, -0.15) is 0 Å². The Morgan fingerprint density at radius 2 is 1.87 bits per heavy atom. The molecule has 2 unspecified atom stereocenters. The number of aryl methyl sites for hydroxylation is 2. The average molecular weight is 433 g/mol. The van der Waals surface area contributed by atoms with Gasteiger partial charge < -0.3 is 14.9 Å². The van der Waals surface area contributed by atoms with Crippen molar-refractivity contribution in [3.63, 3.8) is 0 Å². The van der Waals surface area contributed by atoms with Gasteiger partial charge in [0, 0.05) is 4.88 Å². The maximum Gasteiger partial charge on any atom is 0.345 e. The zero-order valence-electron chi connectivity index (χ0n) is 18.9. The molecule has 1 aromatic heterocycles. The van der Waals surface area contributed by atoms with Crippen LogP contribution < -0.4 is 4.74 Å². The summed E-state index contributed by atoms with van der Waals surface area (Å²) < 4.78 is 5.97. The van der Waals surface area contributed by atoms with Crippen LogP contribution in [0, 0.1) is 5.41 Å². The van der Waals surface area contributed by atoms with Crippen LogP contribution in [0.25, 0.3) is 0 Å². The summed E-state index contributed by atoms with van der Waals surface area (Å²) in [7, 11) is 0. The van der Waals surface area contributed by atoms with Gasteiger partial charge in [0.2, 0.25) is 0 Å². The molecule has 0 amide bonds. The lowest BCUT2D eigenvalue weighted by molar-refractivity contribution is 0.0215. The van der Waals surface area contributed by atoms with Crippen LogP contribution in [0.1, 0.15) is 85.5 Å².